The van der Waals surface area contributed by atoms with Crippen LogP contribution >= 0.6 is 0 Å². The van der Waals surface area contributed by atoms with E-state index in [1.807, 2.05) is 12.1 Å². The Morgan fingerprint density at radius 1 is 1.00 bits per heavy atom. The second-order valence-electron chi connectivity index (χ2n) is 5.70. The highest BCUT2D eigenvalue weighted by Crippen LogP contribution is 2.30. The lowest BCUT2D eigenvalue weighted by Gasteiger charge is -2.23. The number of rotatable bonds is 4. The minimum atomic E-state index is 0.664. The van der Waals surface area contributed by atoms with E-state index in [1.165, 1.54) is 24.0 Å². The van der Waals surface area contributed by atoms with Crippen molar-refractivity contribution in [2.45, 2.75) is 32.1 Å². The summed E-state index contributed by atoms with van der Waals surface area (Å²) in [7, 11) is 0. The van der Waals surface area contributed by atoms with Crippen LogP contribution < -0.4 is 10.1 Å². The molecule has 1 heterocycles. The van der Waals surface area contributed by atoms with E-state index in [1.54, 1.807) is 0 Å². The normalized spacial score (nSPS) is 15.9. The molecular formula is C19H23NO. The van der Waals surface area contributed by atoms with Crippen molar-refractivity contribution in [3.05, 3.63) is 59.7 Å². The van der Waals surface area contributed by atoms with Gasteiger partial charge in [0.15, 0.2) is 0 Å². The van der Waals surface area contributed by atoms with E-state index in [0.29, 0.717) is 5.92 Å². The maximum Gasteiger partial charge on any atom is 0.127 e. The first-order valence-electron chi connectivity index (χ1n) is 7.92. The minimum absolute atomic E-state index is 0.664. The third kappa shape index (κ3) is 3.64. The second-order valence-corrected chi connectivity index (χ2v) is 5.70. The van der Waals surface area contributed by atoms with Crippen molar-refractivity contribution >= 4 is 0 Å². The first kappa shape index (κ1) is 14.2. The highest BCUT2D eigenvalue weighted by Gasteiger charge is 2.15. The SMILES string of the molecule is CCc1cccc(Oc2cccc(C3CCNCC3)c2)c1. The van der Waals surface area contributed by atoms with E-state index in [0.717, 1.165) is 31.0 Å². The highest BCUT2D eigenvalue weighted by molar-refractivity contribution is 5.37. The number of ether oxygens (including phenoxy) is 1. The molecular weight excluding hydrogens is 258 g/mol. The van der Waals surface area contributed by atoms with Crippen LogP contribution in [-0.2, 0) is 6.42 Å². The summed E-state index contributed by atoms with van der Waals surface area (Å²) in [5.74, 6) is 2.54. The Bertz CT molecular complexity index is 588. The van der Waals surface area contributed by atoms with Crippen LogP contribution in [-0.4, -0.2) is 13.1 Å². The smallest absolute Gasteiger partial charge is 0.127 e. The summed E-state index contributed by atoms with van der Waals surface area (Å²) in [4.78, 5) is 0. The molecule has 0 aromatic heterocycles. The number of hydrogen-bond acceptors (Lipinski definition) is 2. The molecule has 0 amide bonds. The van der Waals surface area contributed by atoms with Gasteiger partial charge in [-0.25, -0.2) is 0 Å². The predicted molar refractivity (Wildman–Crippen MR) is 87.2 cm³/mol. The molecule has 3 rings (SSSR count). The standard InChI is InChI=1S/C19H23NO/c1-2-15-5-3-7-18(13-15)21-19-8-4-6-17(14-19)16-9-11-20-12-10-16/h3-8,13-14,16,20H,2,9-12H2,1H3. The molecule has 2 heteroatoms. The number of hydrogen-bond donors (Lipinski definition) is 1. The molecule has 1 aliphatic heterocycles. The van der Waals surface area contributed by atoms with E-state index in [4.69, 9.17) is 4.74 Å². The van der Waals surface area contributed by atoms with Crippen LogP contribution in [0.5, 0.6) is 11.5 Å². The molecule has 0 aliphatic carbocycles. The molecule has 0 unspecified atom stereocenters. The van der Waals surface area contributed by atoms with Crippen LogP contribution in [0.15, 0.2) is 48.5 Å². The zero-order valence-corrected chi connectivity index (χ0v) is 12.6. The Labute approximate surface area is 127 Å². The third-order valence-electron chi connectivity index (χ3n) is 4.21. The average Bonchev–Trinajstić information content (AvgIpc) is 2.56. The van der Waals surface area contributed by atoms with Crippen molar-refractivity contribution < 1.29 is 4.74 Å². The Morgan fingerprint density at radius 2 is 1.71 bits per heavy atom. The lowest BCUT2D eigenvalue weighted by Crippen LogP contribution is -2.26. The molecule has 2 aromatic rings. The molecule has 0 saturated carbocycles. The van der Waals surface area contributed by atoms with Gasteiger partial charge in [-0.05, 0) is 73.7 Å². The fourth-order valence-electron chi connectivity index (χ4n) is 2.95. The van der Waals surface area contributed by atoms with Crippen LogP contribution in [0.4, 0.5) is 0 Å². The molecule has 110 valence electrons. The summed E-state index contributed by atoms with van der Waals surface area (Å²) in [6, 6.07) is 16.9. The van der Waals surface area contributed by atoms with Gasteiger partial charge in [0.05, 0.1) is 0 Å². The van der Waals surface area contributed by atoms with Gasteiger partial charge in [-0.1, -0.05) is 31.2 Å². The Hall–Kier alpha value is -1.80. The molecule has 1 fully saturated rings. The average molecular weight is 281 g/mol. The van der Waals surface area contributed by atoms with Crippen molar-refractivity contribution in [1.29, 1.82) is 0 Å². The number of aryl methyl sites for hydroxylation is 1. The maximum atomic E-state index is 6.04. The molecule has 21 heavy (non-hydrogen) atoms. The summed E-state index contributed by atoms with van der Waals surface area (Å²) in [5, 5.41) is 3.42. The Morgan fingerprint density at radius 3 is 2.48 bits per heavy atom. The van der Waals surface area contributed by atoms with Crippen LogP contribution in [0.2, 0.25) is 0 Å². The fourth-order valence-corrected chi connectivity index (χ4v) is 2.95. The van der Waals surface area contributed by atoms with Gasteiger partial charge >= 0.3 is 0 Å². The number of piperidine rings is 1. The maximum absolute atomic E-state index is 6.04. The van der Waals surface area contributed by atoms with Crippen LogP contribution in [0, 0.1) is 0 Å². The van der Waals surface area contributed by atoms with Crippen molar-refractivity contribution in [3.63, 3.8) is 0 Å². The van der Waals surface area contributed by atoms with Gasteiger partial charge in [-0.15, -0.1) is 0 Å². The summed E-state index contributed by atoms with van der Waals surface area (Å²) in [5.41, 5.74) is 2.71. The molecule has 0 bridgehead atoms. The first-order chi connectivity index (χ1) is 10.3. The molecule has 0 radical (unpaired) electrons. The zero-order chi connectivity index (χ0) is 14.5. The summed E-state index contributed by atoms with van der Waals surface area (Å²) >= 11 is 0. The lowest BCUT2D eigenvalue weighted by atomic mass is 9.90. The number of benzene rings is 2. The van der Waals surface area contributed by atoms with Crippen molar-refractivity contribution in [1.82, 2.24) is 5.32 Å². The van der Waals surface area contributed by atoms with Crippen LogP contribution in [0.1, 0.15) is 36.8 Å². The minimum Gasteiger partial charge on any atom is -0.457 e. The van der Waals surface area contributed by atoms with Crippen molar-refractivity contribution in [3.8, 4) is 11.5 Å². The first-order valence-corrected chi connectivity index (χ1v) is 7.92. The van der Waals surface area contributed by atoms with Crippen molar-refractivity contribution in [2.75, 3.05) is 13.1 Å². The third-order valence-corrected chi connectivity index (χ3v) is 4.21. The fraction of sp³-hybridized carbons (Fsp3) is 0.368. The summed E-state index contributed by atoms with van der Waals surface area (Å²) < 4.78 is 6.04. The summed E-state index contributed by atoms with van der Waals surface area (Å²) in [6.45, 7) is 4.40. The second kappa shape index (κ2) is 6.77. The van der Waals surface area contributed by atoms with E-state index < -0.39 is 0 Å². The van der Waals surface area contributed by atoms with Gasteiger partial charge in [0.25, 0.3) is 0 Å². The van der Waals surface area contributed by atoms with Gasteiger partial charge in [-0.3, -0.25) is 0 Å². The van der Waals surface area contributed by atoms with Crippen LogP contribution in [0.3, 0.4) is 0 Å². The molecule has 1 N–H and O–H groups in total. The quantitative estimate of drug-likeness (QED) is 0.890. The van der Waals surface area contributed by atoms with E-state index in [-0.39, 0.29) is 0 Å². The van der Waals surface area contributed by atoms with Gasteiger partial charge < -0.3 is 10.1 Å². The van der Waals surface area contributed by atoms with E-state index in [2.05, 4.69) is 48.6 Å². The monoisotopic (exact) mass is 281 g/mol. The molecule has 1 saturated heterocycles. The molecule has 2 aromatic carbocycles. The van der Waals surface area contributed by atoms with Gasteiger partial charge in [0.2, 0.25) is 0 Å². The molecule has 0 spiro atoms. The summed E-state index contributed by atoms with van der Waals surface area (Å²) in [6.07, 6.45) is 3.47. The predicted octanol–water partition coefficient (Wildman–Crippen LogP) is 4.51. The Kier molecular flexibility index (Phi) is 4.56. The Balaban J connectivity index is 1.76. The van der Waals surface area contributed by atoms with Gasteiger partial charge in [0.1, 0.15) is 11.5 Å². The van der Waals surface area contributed by atoms with Gasteiger partial charge in [-0.2, -0.15) is 0 Å². The highest BCUT2D eigenvalue weighted by atomic mass is 16.5. The lowest BCUT2D eigenvalue weighted by molar-refractivity contribution is 0.454. The van der Waals surface area contributed by atoms with E-state index >= 15 is 0 Å². The van der Waals surface area contributed by atoms with E-state index in [9.17, 15) is 0 Å². The zero-order valence-electron chi connectivity index (χ0n) is 12.6. The van der Waals surface area contributed by atoms with Gasteiger partial charge in [0, 0.05) is 0 Å². The largest absolute Gasteiger partial charge is 0.457 e. The topological polar surface area (TPSA) is 21.3 Å². The van der Waals surface area contributed by atoms with Crippen molar-refractivity contribution in [2.24, 2.45) is 0 Å². The van der Waals surface area contributed by atoms with Crippen LogP contribution in [0.25, 0.3) is 0 Å². The molecule has 0 atom stereocenters. The molecule has 2 nitrogen and oxygen atoms in total. The number of nitrogens with one attached hydrogen (secondary N) is 1. The molecule has 1 aliphatic rings.